The molecule has 0 unspecified atom stereocenters. The van der Waals surface area contributed by atoms with Crippen LogP contribution < -0.4 is 0 Å². The van der Waals surface area contributed by atoms with Gasteiger partial charge in [-0.2, -0.15) is 5.10 Å². The summed E-state index contributed by atoms with van der Waals surface area (Å²) in [5.41, 5.74) is 0.884. The number of nitro groups is 1. The van der Waals surface area contributed by atoms with E-state index in [4.69, 9.17) is 12.2 Å². The molecule has 0 saturated heterocycles. The van der Waals surface area contributed by atoms with E-state index in [1.54, 1.807) is 23.4 Å². The van der Waals surface area contributed by atoms with Crippen LogP contribution in [0.25, 0.3) is 0 Å². The quantitative estimate of drug-likeness (QED) is 0.265. The molecule has 0 aromatic heterocycles. The van der Waals surface area contributed by atoms with Gasteiger partial charge in [-0.15, -0.1) is 0 Å². The van der Waals surface area contributed by atoms with Crippen LogP contribution in [0.15, 0.2) is 29.4 Å². The molecule has 0 aliphatic rings. The number of thiocarbonyl (C=S) groups is 1. The first-order valence-electron chi connectivity index (χ1n) is 4.98. The Morgan fingerprint density at radius 1 is 1.47 bits per heavy atom. The van der Waals surface area contributed by atoms with Gasteiger partial charge in [0.15, 0.2) is 0 Å². The highest BCUT2D eigenvalue weighted by Crippen LogP contribution is 2.13. The molecule has 0 saturated carbocycles. The van der Waals surface area contributed by atoms with Gasteiger partial charge in [-0.1, -0.05) is 12.2 Å². The summed E-state index contributed by atoms with van der Waals surface area (Å²) >= 11 is 5.20. The van der Waals surface area contributed by atoms with Crippen molar-refractivity contribution < 1.29 is 4.92 Å². The second-order valence-electron chi connectivity index (χ2n) is 3.58. The second kappa shape index (κ2) is 6.05. The van der Waals surface area contributed by atoms with E-state index in [1.165, 1.54) is 12.1 Å². The van der Waals surface area contributed by atoms with Gasteiger partial charge in [-0.25, -0.2) is 0 Å². The molecule has 17 heavy (non-hydrogen) atoms. The Labute approximate surface area is 105 Å². The Bertz CT molecular complexity index is 441. The molecule has 0 fully saturated rings. The van der Waals surface area contributed by atoms with Gasteiger partial charge in [0.2, 0.25) is 0 Å². The molecule has 0 bridgehead atoms. The van der Waals surface area contributed by atoms with Crippen molar-refractivity contribution in [3.8, 4) is 0 Å². The topological polar surface area (TPSA) is 58.7 Å². The molecule has 5 nitrogen and oxygen atoms in total. The summed E-state index contributed by atoms with van der Waals surface area (Å²) in [6.45, 7) is 0. The molecule has 0 heterocycles. The highest BCUT2D eigenvalue weighted by Gasteiger charge is 2.05. The lowest BCUT2D eigenvalue weighted by molar-refractivity contribution is -0.384. The first-order chi connectivity index (χ1) is 8.00. The number of nitro benzene ring substituents is 1. The fraction of sp³-hybridized carbons (Fsp3) is 0.273. The van der Waals surface area contributed by atoms with E-state index in [1.807, 2.05) is 14.1 Å². The molecule has 90 valence electrons. The van der Waals surface area contributed by atoms with Crippen LogP contribution in [0.5, 0.6) is 0 Å². The molecule has 0 N–H and O–H groups in total. The van der Waals surface area contributed by atoms with Crippen molar-refractivity contribution in [1.29, 1.82) is 0 Å². The molecule has 1 aromatic carbocycles. The number of hydrogen-bond donors (Lipinski definition) is 0. The Hall–Kier alpha value is -1.82. The van der Waals surface area contributed by atoms with Crippen LogP contribution in [-0.2, 0) is 0 Å². The van der Waals surface area contributed by atoms with E-state index in [9.17, 15) is 10.1 Å². The van der Waals surface area contributed by atoms with Crippen molar-refractivity contribution in [3.05, 3.63) is 39.9 Å². The van der Waals surface area contributed by atoms with Gasteiger partial charge in [0.1, 0.15) is 0 Å². The largest absolute Gasteiger partial charge is 0.303 e. The molecule has 0 atom stereocenters. The average molecular weight is 251 g/mol. The van der Waals surface area contributed by atoms with Crippen LogP contribution >= 0.6 is 12.2 Å². The Balaban J connectivity index is 2.67. The zero-order valence-corrected chi connectivity index (χ0v) is 10.5. The van der Waals surface area contributed by atoms with Crippen LogP contribution in [0.2, 0.25) is 0 Å². The number of rotatable bonds is 5. The molecule has 6 heteroatoms. The minimum absolute atomic E-state index is 0.0681. The van der Waals surface area contributed by atoms with Crippen LogP contribution in [0, 0.1) is 10.1 Å². The third kappa shape index (κ3) is 4.28. The molecule has 0 aliphatic carbocycles. The number of hydrazone groups is 1. The molecule has 0 aliphatic heterocycles. The Kier molecular flexibility index (Phi) is 4.71. The van der Waals surface area contributed by atoms with E-state index in [2.05, 4.69) is 5.10 Å². The third-order valence-corrected chi connectivity index (χ3v) is 2.39. The maximum absolute atomic E-state index is 10.5. The standard InChI is InChI=1S/C11H13N3O2S/c1-13(2)12-8-7-11(17)9-3-5-10(6-4-9)14(15)16/h3-6,8H,7H2,1-2H3/b12-8+. The highest BCUT2D eigenvalue weighted by atomic mass is 32.1. The second-order valence-corrected chi connectivity index (χ2v) is 4.07. The predicted octanol–water partition coefficient (Wildman–Crippen LogP) is 2.25. The zero-order chi connectivity index (χ0) is 12.8. The van der Waals surface area contributed by atoms with Crippen molar-refractivity contribution in [2.75, 3.05) is 14.1 Å². The van der Waals surface area contributed by atoms with E-state index in [-0.39, 0.29) is 5.69 Å². The summed E-state index contributed by atoms with van der Waals surface area (Å²) in [6.07, 6.45) is 2.26. The number of benzene rings is 1. The van der Waals surface area contributed by atoms with Crippen molar-refractivity contribution in [1.82, 2.24) is 5.01 Å². The zero-order valence-electron chi connectivity index (χ0n) is 9.66. The lowest BCUT2D eigenvalue weighted by Gasteiger charge is -2.03. The lowest BCUT2D eigenvalue weighted by atomic mass is 10.1. The van der Waals surface area contributed by atoms with Gasteiger partial charge >= 0.3 is 0 Å². The van der Waals surface area contributed by atoms with E-state index in [0.717, 1.165) is 5.56 Å². The Morgan fingerprint density at radius 2 is 2.06 bits per heavy atom. The average Bonchev–Trinajstić information content (AvgIpc) is 2.28. The van der Waals surface area contributed by atoms with Gasteiger partial charge < -0.3 is 5.01 Å². The predicted molar refractivity (Wildman–Crippen MR) is 71.6 cm³/mol. The summed E-state index contributed by atoms with van der Waals surface area (Å²) in [6, 6.07) is 6.21. The first-order valence-corrected chi connectivity index (χ1v) is 5.39. The van der Waals surface area contributed by atoms with Crippen molar-refractivity contribution in [2.45, 2.75) is 6.42 Å². The van der Waals surface area contributed by atoms with Gasteiger partial charge in [-0.05, 0) is 17.7 Å². The molecule has 0 amide bonds. The lowest BCUT2D eigenvalue weighted by Crippen LogP contribution is -2.04. The van der Waals surface area contributed by atoms with E-state index in [0.29, 0.717) is 11.3 Å². The molecule has 1 aromatic rings. The monoisotopic (exact) mass is 251 g/mol. The van der Waals surface area contributed by atoms with Crippen LogP contribution in [0.4, 0.5) is 5.69 Å². The summed E-state index contributed by atoms with van der Waals surface area (Å²) in [4.78, 5) is 10.8. The van der Waals surface area contributed by atoms with Crippen molar-refractivity contribution in [3.63, 3.8) is 0 Å². The first kappa shape index (κ1) is 13.2. The van der Waals surface area contributed by atoms with Gasteiger partial charge in [0.25, 0.3) is 5.69 Å². The van der Waals surface area contributed by atoms with Gasteiger partial charge in [-0.3, -0.25) is 10.1 Å². The van der Waals surface area contributed by atoms with Crippen molar-refractivity contribution >= 4 is 29.0 Å². The molecular formula is C11H13N3O2S. The minimum atomic E-state index is -0.430. The summed E-state index contributed by atoms with van der Waals surface area (Å²) in [5.74, 6) is 0. The van der Waals surface area contributed by atoms with Gasteiger partial charge in [0.05, 0.1) is 4.92 Å². The molecule has 0 radical (unpaired) electrons. The number of nitrogens with zero attached hydrogens (tertiary/aromatic N) is 3. The van der Waals surface area contributed by atoms with Crippen LogP contribution in [0.1, 0.15) is 12.0 Å². The SMILES string of the molecule is CN(C)/N=C/CC(=S)c1ccc([N+](=O)[O-])cc1. The fourth-order valence-corrected chi connectivity index (χ4v) is 1.38. The summed E-state index contributed by atoms with van der Waals surface area (Å²) in [5, 5.41) is 16.2. The number of non-ortho nitro benzene ring substituents is 1. The van der Waals surface area contributed by atoms with Crippen LogP contribution in [0.3, 0.4) is 0 Å². The third-order valence-electron chi connectivity index (χ3n) is 1.99. The van der Waals surface area contributed by atoms with Crippen LogP contribution in [-0.4, -0.2) is 35.1 Å². The molecule has 1 rings (SSSR count). The number of hydrogen-bond acceptors (Lipinski definition) is 5. The normalized spacial score (nSPS) is 10.5. The maximum Gasteiger partial charge on any atom is 0.269 e. The summed E-state index contributed by atoms with van der Waals surface area (Å²) in [7, 11) is 3.65. The minimum Gasteiger partial charge on any atom is -0.303 e. The van der Waals surface area contributed by atoms with Crippen molar-refractivity contribution in [2.24, 2.45) is 5.10 Å². The van der Waals surface area contributed by atoms with E-state index < -0.39 is 4.92 Å². The smallest absolute Gasteiger partial charge is 0.269 e. The molecule has 0 spiro atoms. The molecular weight excluding hydrogens is 238 g/mol. The Morgan fingerprint density at radius 3 is 2.53 bits per heavy atom. The fourth-order valence-electron chi connectivity index (χ4n) is 1.17. The van der Waals surface area contributed by atoms with Gasteiger partial charge in [0, 0.05) is 43.7 Å². The van der Waals surface area contributed by atoms with E-state index >= 15 is 0 Å². The maximum atomic E-state index is 10.5. The highest BCUT2D eigenvalue weighted by molar-refractivity contribution is 7.80. The summed E-state index contributed by atoms with van der Waals surface area (Å²) < 4.78 is 0.